The molecule has 0 aliphatic heterocycles. The molecular weight excluding hydrogens is 292 g/mol. The number of carbonyl (C=O) groups excluding carboxylic acids is 2. The fraction of sp³-hybridized carbons (Fsp3) is 0.333. The molecule has 5 nitrogen and oxygen atoms in total. The fourth-order valence-electron chi connectivity index (χ4n) is 2.21. The Kier molecular flexibility index (Phi) is 5.21. The van der Waals surface area contributed by atoms with E-state index in [-0.39, 0.29) is 23.6 Å². The Labute approximate surface area is 136 Å². The Morgan fingerprint density at radius 1 is 1.13 bits per heavy atom. The maximum atomic E-state index is 11.9. The lowest BCUT2D eigenvalue weighted by Gasteiger charge is -2.26. The van der Waals surface area contributed by atoms with Crippen molar-refractivity contribution in [3.05, 3.63) is 59.5 Å². The zero-order valence-corrected chi connectivity index (χ0v) is 13.7. The third kappa shape index (κ3) is 4.71. The molecule has 2 aromatic rings. The highest BCUT2D eigenvalue weighted by atomic mass is 16.3. The standard InChI is InChI=1S/C18H22N2O3/c1-13-6-4-7-14(10-13)18(2,3)12-20-16(21)11-19-17(22)15-8-5-9-23-15/h4-10H,11-12H2,1-3H3,(H,19,22)(H,20,21). The van der Waals surface area contributed by atoms with E-state index in [1.807, 2.05) is 19.1 Å². The van der Waals surface area contributed by atoms with Gasteiger partial charge in [-0.15, -0.1) is 0 Å². The van der Waals surface area contributed by atoms with Crippen LogP contribution in [0.25, 0.3) is 0 Å². The summed E-state index contributed by atoms with van der Waals surface area (Å²) in [4.78, 5) is 23.6. The van der Waals surface area contributed by atoms with Crippen LogP contribution in [0.4, 0.5) is 0 Å². The lowest BCUT2D eigenvalue weighted by atomic mass is 9.84. The van der Waals surface area contributed by atoms with Crippen LogP contribution in [0.2, 0.25) is 0 Å². The summed E-state index contributed by atoms with van der Waals surface area (Å²) in [6.45, 7) is 6.60. The average molecular weight is 314 g/mol. The molecule has 0 radical (unpaired) electrons. The second-order valence-corrected chi connectivity index (χ2v) is 6.19. The number of amides is 2. The summed E-state index contributed by atoms with van der Waals surface area (Å²) in [5.41, 5.74) is 2.16. The molecule has 2 amide bonds. The molecule has 0 saturated carbocycles. The van der Waals surface area contributed by atoms with Crippen molar-refractivity contribution in [2.24, 2.45) is 0 Å². The number of carbonyl (C=O) groups is 2. The molecule has 0 bridgehead atoms. The van der Waals surface area contributed by atoms with E-state index in [9.17, 15) is 9.59 Å². The van der Waals surface area contributed by atoms with Crippen LogP contribution in [0.15, 0.2) is 47.1 Å². The smallest absolute Gasteiger partial charge is 0.287 e. The molecule has 2 rings (SSSR count). The van der Waals surface area contributed by atoms with Crippen molar-refractivity contribution in [3.63, 3.8) is 0 Å². The molecule has 23 heavy (non-hydrogen) atoms. The molecule has 0 atom stereocenters. The number of nitrogens with one attached hydrogen (secondary N) is 2. The lowest BCUT2D eigenvalue weighted by molar-refractivity contribution is -0.120. The summed E-state index contributed by atoms with van der Waals surface area (Å²) in [7, 11) is 0. The SMILES string of the molecule is Cc1cccc(C(C)(C)CNC(=O)CNC(=O)c2ccco2)c1. The van der Waals surface area contributed by atoms with Crippen LogP contribution in [0.3, 0.4) is 0 Å². The van der Waals surface area contributed by atoms with Crippen LogP contribution in [-0.4, -0.2) is 24.9 Å². The van der Waals surface area contributed by atoms with E-state index in [0.29, 0.717) is 6.54 Å². The van der Waals surface area contributed by atoms with E-state index < -0.39 is 5.91 Å². The minimum Gasteiger partial charge on any atom is -0.459 e. The average Bonchev–Trinajstić information content (AvgIpc) is 3.05. The zero-order valence-electron chi connectivity index (χ0n) is 13.7. The van der Waals surface area contributed by atoms with Gasteiger partial charge in [-0.2, -0.15) is 0 Å². The van der Waals surface area contributed by atoms with Gasteiger partial charge in [0.2, 0.25) is 5.91 Å². The number of aryl methyl sites for hydroxylation is 1. The Morgan fingerprint density at radius 2 is 1.91 bits per heavy atom. The van der Waals surface area contributed by atoms with Gasteiger partial charge in [0.25, 0.3) is 5.91 Å². The summed E-state index contributed by atoms with van der Waals surface area (Å²) in [5, 5.41) is 5.38. The number of benzene rings is 1. The first-order valence-corrected chi connectivity index (χ1v) is 7.54. The molecule has 0 spiro atoms. The van der Waals surface area contributed by atoms with Crippen molar-refractivity contribution in [2.45, 2.75) is 26.2 Å². The Bertz CT molecular complexity index is 675. The Balaban J connectivity index is 1.82. The van der Waals surface area contributed by atoms with Crippen molar-refractivity contribution in [3.8, 4) is 0 Å². The predicted molar refractivity (Wildman–Crippen MR) is 88.3 cm³/mol. The molecule has 0 aliphatic rings. The van der Waals surface area contributed by atoms with Gasteiger partial charge in [0.05, 0.1) is 12.8 Å². The predicted octanol–water partition coefficient (Wildman–Crippen LogP) is 2.41. The van der Waals surface area contributed by atoms with E-state index in [2.05, 4.69) is 36.6 Å². The molecule has 0 fully saturated rings. The first-order chi connectivity index (χ1) is 10.9. The topological polar surface area (TPSA) is 71.3 Å². The van der Waals surface area contributed by atoms with Gasteiger partial charge in [-0.25, -0.2) is 0 Å². The minimum atomic E-state index is -0.400. The monoisotopic (exact) mass is 314 g/mol. The van der Waals surface area contributed by atoms with Gasteiger partial charge in [0.1, 0.15) is 0 Å². The van der Waals surface area contributed by atoms with Crippen molar-refractivity contribution in [1.29, 1.82) is 0 Å². The fourth-order valence-corrected chi connectivity index (χ4v) is 2.21. The molecule has 0 unspecified atom stereocenters. The second kappa shape index (κ2) is 7.13. The summed E-state index contributed by atoms with van der Waals surface area (Å²) < 4.78 is 4.97. The molecular formula is C18H22N2O3. The largest absolute Gasteiger partial charge is 0.459 e. The van der Waals surface area contributed by atoms with Gasteiger partial charge in [-0.1, -0.05) is 43.7 Å². The van der Waals surface area contributed by atoms with Crippen molar-refractivity contribution < 1.29 is 14.0 Å². The van der Waals surface area contributed by atoms with Crippen LogP contribution >= 0.6 is 0 Å². The summed E-state index contributed by atoms with van der Waals surface area (Å²) >= 11 is 0. The molecule has 122 valence electrons. The summed E-state index contributed by atoms with van der Waals surface area (Å²) in [5.74, 6) is -0.438. The van der Waals surface area contributed by atoms with E-state index in [0.717, 1.165) is 5.56 Å². The highest BCUT2D eigenvalue weighted by Crippen LogP contribution is 2.22. The summed E-state index contributed by atoms with van der Waals surface area (Å²) in [6, 6.07) is 11.4. The lowest BCUT2D eigenvalue weighted by Crippen LogP contribution is -2.42. The number of rotatable bonds is 6. The van der Waals surface area contributed by atoms with E-state index in [1.54, 1.807) is 12.1 Å². The molecule has 2 N–H and O–H groups in total. The number of furan rings is 1. The highest BCUT2D eigenvalue weighted by molar-refractivity contribution is 5.94. The minimum absolute atomic E-state index is 0.0799. The van der Waals surface area contributed by atoms with Gasteiger partial charge < -0.3 is 15.1 Å². The van der Waals surface area contributed by atoms with Crippen LogP contribution < -0.4 is 10.6 Å². The zero-order chi connectivity index (χ0) is 16.9. The maximum absolute atomic E-state index is 11.9. The molecule has 0 saturated heterocycles. The van der Waals surface area contributed by atoms with E-state index in [4.69, 9.17) is 4.42 Å². The third-order valence-electron chi connectivity index (χ3n) is 3.68. The Hall–Kier alpha value is -2.56. The quantitative estimate of drug-likeness (QED) is 0.860. The highest BCUT2D eigenvalue weighted by Gasteiger charge is 2.21. The number of hydrogen-bond acceptors (Lipinski definition) is 3. The first kappa shape index (κ1) is 16.8. The van der Waals surface area contributed by atoms with Gasteiger partial charge in [0.15, 0.2) is 5.76 Å². The van der Waals surface area contributed by atoms with Crippen LogP contribution in [0, 0.1) is 6.92 Å². The van der Waals surface area contributed by atoms with Gasteiger partial charge in [-0.05, 0) is 24.6 Å². The summed E-state index contributed by atoms with van der Waals surface area (Å²) in [6.07, 6.45) is 1.42. The molecule has 1 aromatic heterocycles. The molecule has 5 heteroatoms. The van der Waals surface area contributed by atoms with Crippen molar-refractivity contribution >= 4 is 11.8 Å². The van der Waals surface area contributed by atoms with Gasteiger partial charge >= 0.3 is 0 Å². The van der Waals surface area contributed by atoms with Crippen LogP contribution in [0.5, 0.6) is 0 Å². The Morgan fingerprint density at radius 3 is 2.57 bits per heavy atom. The first-order valence-electron chi connectivity index (χ1n) is 7.54. The van der Waals surface area contributed by atoms with E-state index >= 15 is 0 Å². The van der Waals surface area contributed by atoms with Crippen LogP contribution in [0.1, 0.15) is 35.5 Å². The molecule has 0 aliphatic carbocycles. The molecule has 1 heterocycles. The second-order valence-electron chi connectivity index (χ2n) is 6.19. The molecule has 1 aromatic carbocycles. The van der Waals surface area contributed by atoms with Gasteiger partial charge in [-0.3, -0.25) is 9.59 Å². The van der Waals surface area contributed by atoms with Crippen molar-refractivity contribution in [1.82, 2.24) is 10.6 Å². The normalized spacial score (nSPS) is 11.1. The third-order valence-corrected chi connectivity index (χ3v) is 3.68. The maximum Gasteiger partial charge on any atom is 0.287 e. The van der Waals surface area contributed by atoms with Crippen LogP contribution in [-0.2, 0) is 10.2 Å². The van der Waals surface area contributed by atoms with E-state index in [1.165, 1.54) is 11.8 Å². The number of hydrogen-bond donors (Lipinski definition) is 2. The van der Waals surface area contributed by atoms with Gasteiger partial charge in [0, 0.05) is 12.0 Å². The van der Waals surface area contributed by atoms with Crippen molar-refractivity contribution in [2.75, 3.05) is 13.1 Å².